The van der Waals surface area contributed by atoms with Crippen molar-refractivity contribution in [3.8, 4) is 5.75 Å². The molecular formula is C10H13NO2. The summed E-state index contributed by atoms with van der Waals surface area (Å²) >= 11 is 0. The molecule has 0 amide bonds. The van der Waals surface area contributed by atoms with Crippen molar-refractivity contribution in [2.45, 2.75) is 6.92 Å². The zero-order valence-electron chi connectivity index (χ0n) is 7.83. The maximum atomic E-state index is 7.18. The minimum atomic E-state index is 0.126. The lowest BCUT2D eigenvalue weighted by atomic mass is 10.2. The van der Waals surface area contributed by atoms with Gasteiger partial charge in [0.1, 0.15) is 5.75 Å². The number of hydrogen-bond acceptors (Lipinski definition) is 3. The van der Waals surface area contributed by atoms with Gasteiger partial charge in [0.05, 0.1) is 7.11 Å². The third kappa shape index (κ3) is 3.15. The molecule has 0 saturated carbocycles. The summed E-state index contributed by atoms with van der Waals surface area (Å²) in [5, 5.41) is 7.18. The van der Waals surface area contributed by atoms with Crippen molar-refractivity contribution in [3.05, 3.63) is 29.8 Å². The van der Waals surface area contributed by atoms with Crippen LogP contribution in [-0.4, -0.2) is 19.6 Å². The maximum Gasteiger partial charge on any atom is 0.219 e. The Labute approximate surface area is 77.8 Å². The summed E-state index contributed by atoms with van der Waals surface area (Å²) in [5.74, 6) is 0.882. The van der Waals surface area contributed by atoms with Crippen molar-refractivity contribution in [1.82, 2.24) is 0 Å². The van der Waals surface area contributed by atoms with E-state index in [1.165, 1.54) is 12.7 Å². The lowest BCUT2D eigenvalue weighted by Gasteiger charge is -2.05. The van der Waals surface area contributed by atoms with Crippen LogP contribution in [0.3, 0.4) is 0 Å². The normalized spacial score (nSPS) is 9.38. The molecule has 1 aromatic rings. The summed E-state index contributed by atoms with van der Waals surface area (Å²) in [6.45, 7) is 2.19. The van der Waals surface area contributed by atoms with E-state index in [1.54, 1.807) is 0 Å². The van der Waals surface area contributed by atoms with Crippen LogP contribution in [0.1, 0.15) is 5.56 Å². The molecule has 0 saturated heterocycles. The zero-order valence-corrected chi connectivity index (χ0v) is 7.83. The van der Waals surface area contributed by atoms with Crippen LogP contribution in [0.25, 0.3) is 0 Å². The number of nitrogens with one attached hydrogen (secondary N) is 1. The molecule has 0 aliphatic heterocycles. The van der Waals surface area contributed by atoms with Gasteiger partial charge >= 0.3 is 0 Å². The highest BCUT2D eigenvalue weighted by Crippen LogP contribution is 2.10. The Kier molecular flexibility index (Phi) is 3.31. The average Bonchev–Trinajstić information content (AvgIpc) is 2.16. The molecule has 3 nitrogen and oxygen atoms in total. The van der Waals surface area contributed by atoms with Crippen LogP contribution in [0, 0.1) is 12.3 Å². The first kappa shape index (κ1) is 9.58. The summed E-state index contributed by atoms with van der Waals surface area (Å²) in [6.07, 6.45) is 0. The molecule has 0 heterocycles. The van der Waals surface area contributed by atoms with Crippen LogP contribution < -0.4 is 4.74 Å². The molecule has 1 N–H and O–H groups in total. The van der Waals surface area contributed by atoms with Gasteiger partial charge in [-0.25, -0.2) is 0 Å². The summed E-state index contributed by atoms with van der Waals surface area (Å²) in [6, 6.07) is 7.67. The van der Waals surface area contributed by atoms with Gasteiger partial charge in [-0.1, -0.05) is 17.7 Å². The predicted molar refractivity (Wildman–Crippen MR) is 51.4 cm³/mol. The molecule has 1 aromatic carbocycles. The fraction of sp³-hybridized carbons (Fsp3) is 0.300. The van der Waals surface area contributed by atoms with E-state index in [9.17, 15) is 0 Å². The molecule has 0 aliphatic carbocycles. The number of rotatable bonds is 3. The molecule has 70 valence electrons. The number of aryl methyl sites for hydroxylation is 1. The minimum absolute atomic E-state index is 0.126. The van der Waals surface area contributed by atoms with Gasteiger partial charge < -0.3 is 9.47 Å². The monoisotopic (exact) mass is 179 g/mol. The van der Waals surface area contributed by atoms with E-state index in [-0.39, 0.29) is 12.5 Å². The number of benzene rings is 1. The van der Waals surface area contributed by atoms with E-state index in [2.05, 4.69) is 4.74 Å². The second kappa shape index (κ2) is 4.50. The van der Waals surface area contributed by atoms with Crippen molar-refractivity contribution in [2.75, 3.05) is 13.7 Å². The van der Waals surface area contributed by atoms with E-state index in [0.29, 0.717) is 0 Å². The second-order valence-electron chi connectivity index (χ2n) is 2.73. The molecular weight excluding hydrogens is 166 g/mol. The Hall–Kier alpha value is -1.51. The van der Waals surface area contributed by atoms with Gasteiger partial charge in [0, 0.05) is 0 Å². The molecule has 0 spiro atoms. The van der Waals surface area contributed by atoms with Crippen molar-refractivity contribution < 1.29 is 9.47 Å². The highest BCUT2D eigenvalue weighted by molar-refractivity contribution is 5.73. The summed E-state index contributed by atoms with van der Waals surface area (Å²) in [7, 11) is 1.46. The average molecular weight is 179 g/mol. The van der Waals surface area contributed by atoms with E-state index < -0.39 is 0 Å². The first-order chi connectivity index (χ1) is 6.22. The van der Waals surface area contributed by atoms with Gasteiger partial charge in [-0.2, -0.15) is 0 Å². The third-order valence-corrected chi connectivity index (χ3v) is 1.64. The first-order valence-corrected chi connectivity index (χ1v) is 4.03. The van der Waals surface area contributed by atoms with Crippen LogP contribution >= 0.6 is 0 Å². The van der Waals surface area contributed by atoms with Crippen LogP contribution in [-0.2, 0) is 4.74 Å². The van der Waals surface area contributed by atoms with Crippen LogP contribution in [0.4, 0.5) is 0 Å². The van der Waals surface area contributed by atoms with E-state index >= 15 is 0 Å². The highest BCUT2D eigenvalue weighted by atomic mass is 16.5. The summed E-state index contributed by atoms with van der Waals surface area (Å²) in [5.41, 5.74) is 1.19. The lowest BCUT2D eigenvalue weighted by Crippen LogP contribution is -2.11. The van der Waals surface area contributed by atoms with Crippen molar-refractivity contribution in [3.63, 3.8) is 0 Å². The maximum absolute atomic E-state index is 7.18. The van der Waals surface area contributed by atoms with Crippen LogP contribution in [0.5, 0.6) is 5.75 Å². The van der Waals surface area contributed by atoms with E-state index in [4.69, 9.17) is 10.1 Å². The number of ether oxygens (including phenoxy) is 2. The molecule has 1 rings (SSSR count). The van der Waals surface area contributed by atoms with Gasteiger partial charge in [-0.15, -0.1) is 0 Å². The van der Waals surface area contributed by atoms with Crippen LogP contribution in [0.15, 0.2) is 24.3 Å². The van der Waals surface area contributed by atoms with Crippen molar-refractivity contribution in [2.24, 2.45) is 0 Å². The summed E-state index contributed by atoms with van der Waals surface area (Å²) < 4.78 is 9.92. The smallest absolute Gasteiger partial charge is 0.219 e. The van der Waals surface area contributed by atoms with E-state index in [0.717, 1.165) is 5.75 Å². The standard InChI is InChI=1S/C10H13NO2/c1-8-3-5-9(6-4-8)13-7-10(11)12-2/h3-6,11H,7H2,1-2H3. The largest absolute Gasteiger partial charge is 0.484 e. The third-order valence-electron chi connectivity index (χ3n) is 1.64. The molecule has 3 heteroatoms. The molecule has 0 atom stereocenters. The van der Waals surface area contributed by atoms with E-state index in [1.807, 2.05) is 31.2 Å². The highest BCUT2D eigenvalue weighted by Gasteiger charge is 1.96. The first-order valence-electron chi connectivity index (χ1n) is 4.03. The number of hydrogen-bond donors (Lipinski definition) is 1. The summed E-state index contributed by atoms with van der Waals surface area (Å²) in [4.78, 5) is 0. The van der Waals surface area contributed by atoms with Gasteiger partial charge in [0.2, 0.25) is 5.90 Å². The Morgan fingerprint density at radius 3 is 2.46 bits per heavy atom. The Bertz CT molecular complexity index is 279. The Morgan fingerprint density at radius 1 is 1.31 bits per heavy atom. The molecule has 0 aromatic heterocycles. The number of methoxy groups -OCH3 is 1. The lowest BCUT2D eigenvalue weighted by molar-refractivity contribution is 0.309. The van der Waals surface area contributed by atoms with Gasteiger partial charge in [0.15, 0.2) is 6.61 Å². The Balaban J connectivity index is 2.46. The predicted octanol–water partition coefficient (Wildman–Crippen LogP) is 2.00. The van der Waals surface area contributed by atoms with Crippen LogP contribution in [0.2, 0.25) is 0 Å². The van der Waals surface area contributed by atoms with Gasteiger partial charge in [-0.05, 0) is 19.1 Å². The van der Waals surface area contributed by atoms with Crippen molar-refractivity contribution in [1.29, 1.82) is 5.41 Å². The molecule has 0 fully saturated rings. The molecule has 0 aliphatic rings. The minimum Gasteiger partial charge on any atom is -0.484 e. The Morgan fingerprint density at radius 2 is 1.92 bits per heavy atom. The molecule has 0 unspecified atom stereocenters. The zero-order chi connectivity index (χ0) is 9.68. The molecule has 0 bridgehead atoms. The van der Waals surface area contributed by atoms with Gasteiger partial charge in [0.25, 0.3) is 0 Å². The molecule has 13 heavy (non-hydrogen) atoms. The fourth-order valence-electron chi connectivity index (χ4n) is 0.842. The SMILES string of the molecule is COC(=N)COc1ccc(C)cc1. The van der Waals surface area contributed by atoms with Crippen molar-refractivity contribution >= 4 is 5.90 Å². The fourth-order valence-corrected chi connectivity index (χ4v) is 0.842. The van der Waals surface area contributed by atoms with Gasteiger partial charge in [-0.3, -0.25) is 5.41 Å². The topological polar surface area (TPSA) is 42.3 Å². The molecule has 0 radical (unpaired) electrons. The second-order valence-corrected chi connectivity index (χ2v) is 2.73. The quantitative estimate of drug-likeness (QED) is 0.569.